The van der Waals surface area contributed by atoms with E-state index >= 15 is 0 Å². The summed E-state index contributed by atoms with van der Waals surface area (Å²) < 4.78 is 40.0. The molecule has 2 aromatic carbocycles. The third kappa shape index (κ3) is 4.09. The van der Waals surface area contributed by atoms with E-state index in [1.54, 1.807) is 35.1 Å². The zero-order chi connectivity index (χ0) is 23.9. The van der Waals surface area contributed by atoms with Gasteiger partial charge in [0.15, 0.2) is 0 Å². The average molecular weight is 465 g/mol. The zero-order valence-electron chi connectivity index (χ0n) is 18.1. The van der Waals surface area contributed by atoms with Crippen molar-refractivity contribution in [2.45, 2.75) is 37.8 Å². The first-order valence-electron chi connectivity index (χ1n) is 11.0. The lowest BCUT2D eigenvalue weighted by atomic mass is 10.0. The van der Waals surface area contributed by atoms with E-state index in [0.29, 0.717) is 17.4 Å². The minimum absolute atomic E-state index is 0.134. The number of nitrogens with two attached hydrogens (primary N) is 1. The van der Waals surface area contributed by atoms with Crippen molar-refractivity contribution in [1.29, 1.82) is 0 Å². The molecule has 9 heteroatoms. The Hall–Kier alpha value is -3.88. The third-order valence-corrected chi connectivity index (χ3v) is 6.23. The fourth-order valence-corrected chi connectivity index (χ4v) is 4.50. The van der Waals surface area contributed by atoms with Crippen LogP contribution >= 0.6 is 0 Å². The van der Waals surface area contributed by atoms with Crippen LogP contribution in [0, 0.1) is 0 Å². The van der Waals surface area contributed by atoms with Crippen LogP contribution in [0.15, 0.2) is 60.8 Å². The van der Waals surface area contributed by atoms with Crippen molar-refractivity contribution in [2.75, 3.05) is 11.1 Å². The van der Waals surface area contributed by atoms with Crippen molar-refractivity contribution in [2.24, 2.45) is 0 Å². The number of nitrogens with zero attached hydrogens (tertiary/aromatic N) is 3. The van der Waals surface area contributed by atoms with Gasteiger partial charge in [-0.15, -0.1) is 0 Å². The molecule has 1 aliphatic rings. The van der Waals surface area contributed by atoms with Crippen LogP contribution in [-0.2, 0) is 6.18 Å². The maximum atomic E-state index is 12.7. The number of halogens is 3. The predicted octanol–water partition coefficient (Wildman–Crippen LogP) is 5.93. The van der Waals surface area contributed by atoms with Gasteiger partial charge < -0.3 is 11.1 Å². The quantitative estimate of drug-likeness (QED) is 0.391. The molecule has 0 spiro atoms. The van der Waals surface area contributed by atoms with Gasteiger partial charge in [-0.3, -0.25) is 4.79 Å². The Bertz CT molecular complexity index is 1340. The molecule has 0 saturated heterocycles. The number of hydrogen-bond acceptors (Lipinski definition) is 4. The Morgan fingerprint density at radius 1 is 1.00 bits per heavy atom. The summed E-state index contributed by atoms with van der Waals surface area (Å²) in [5.41, 5.74) is 8.60. The lowest BCUT2D eigenvalue weighted by molar-refractivity contribution is -0.137. The number of nitrogen functional groups attached to an aromatic ring is 1. The van der Waals surface area contributed by atoms with Crippen LogP contribution in [0.5, 0.6) is 0 Å². The molecular weight excluding hydrogens is 443 g/mol. The van der Waals surface area contributed by atoms with Crippen molar-refractivity contribution in [1.82, 2.24) is 14.8 Å². The second kappa shape index (κ2) is 8.48. The molecule has 1 fully saturated rings. The largest absolute Gasteiger partial charge is 0.416 e. The lowest BCUT2D eigenvalue weighted by Crippen LogP contribution is -2.13. The van der Waals surface area contributed by atoms with Gasteiger partial charge in [0.1, 0.15) is 11.3 Å². The molecule has 34 heavy (non-hydrogen) atoms. The summed E-state index contributed by atoms with van der Waals surface area (Å²) in [5.74, 6) is 0.296. The zero-order valence-corrected chi connectivity index (χ0v) is 18.1. The minimum Gasteiger partial charge on any atom is -0.382 e. The number of fused-ring (bicyclic) bond motifs is 1. The van der Waals surface area contributed by atoms with Gasteiger partial charge in [-0.2, -0.15) is 18.3 Å². The molecule has 0 bridgehead atoms. The van der Waals surface area contributed by atoms with Crippen LogP contribution in [-0.4, -0.2) is 20.7 Å². The predicted molar refractivity (Wildman–Crippen MR) is 124 cm³/mol. The fourth-order valence-electron chi connectivity index (χ4n) is 4.50. The van der Waals surface area contributed by atoms with Gasteiger partial charge in [0.25, 0.3) is 5.91 Å². The SMILES string of the molecule is Nc1nccc2c(C3CCCC3)nn(-c3ccc(NC(=O)c4ccc(C(F)(F)F)cc4)cc3)c12. The Morgan fingerprint density at radius 2 is 1.68 bits per heavy atom. The number of carbonyl (C=O) groups excluding carboxylic acids is 1. The van der Waals surface area contributed by atoms with Gasteiger partial charge in [-0.1, -0.05) is 12.8 Å². The van der Waals surface area contributed by atoms with Crippen LogP contribution in [0.3, 0.4) is 0 Å². The number of benzene rings is 2. The lowest BCUT2D eigenvalue weighted by Gasteiger charge is -2.10. The third-order valence-electron chi connectivity index (χ3n) is 6.23. The summed E-state index contributed by atoms with van der Waals surface area (Å²) >= 11 is 0. The molecule has 2 heterocycles. The number of anilines is 2. The van der Waals surface area contributed by atoms with Gasteiger partial charge >= 0.3 is 6.18 Å². The molecule has 0 aliphatic heterocycles. The van der Waals surface area contributed by atoms with E-state index in [-0.39, 0.29) is 5.56 Å². The smallest absolute Gasteiger partial charge is 0.382 e. The van der Waals surface area contributed by atoms with Crippen molar-refractivity contribution in [3.63, 3.8) is 0 Å². The molecule has 2 aromatic heterocycles. The molecule has 4 aromatic rings. The topological polar surface area (TPSA) is 85.8 Å². The average Bonchev–Trinajstić information content (AvgIpc) is 3.48. The van der Waals surface area contributed by atoms with Crippen LogP contribution in [0.1, 0.15) is 53.2 Å². The molecular formula is C25H22F3N5O. The summed E-state index contributed by atoms with van der Waals surface area (Å²) in [6.45, 7) is 0. The minimum atomic E-state index is -4.45. The fraction of sp³-hybridized carbons (Fsp3) is 0.240. The summed E-state index contributed by atoms with van der Waals surface area (Å²) in [5, 5.41) is 8.59. The van der Waals surface area contributed by atoms with E-state index in [4.69, 9.17) is 10.8 Å². The number of amides is 1. The van der Waals surface area contributed by atoms with E-state index in [2.05, 4.69) is 10.3 Å². The van der Waals surface area contributed by atoms with Gasteiger partial charge in [-0.25, -0.2) is 9.67 Å². The number of alkyl halides is 3. The molecule has 3 N–H and O–H groups in total. The Balaban J connectivity index is 1.40. The molecule has 0 radical (unpaired) electrons. The first-order valence-corrected chi connectivity index (χ1v) is 11.0. The van der Waals surface area contributed by atoms with Crippen LogP contribution in [0.2, 0.25) is 0 Å². The van der Waals surface area contributed by atoms with E-state index in [1.165, 1.54) is 12.8 Å². The number of pyridine rings is 1. The second-order valence-electron chi connectivity index (χ2n) is 8.45. The molecule has 174 valence electrons. The highest BCUT2D eigenvalue weighted by atomic mass is 19.4. The summed E-state index contributed by atoms with van der Waals surface area (Å²) in [6.07, 6.45) is 1.83. The summed E-state index contributed by atoms with van der Waals surface area (Å²) in [6, 6.07) is 13.1. The molecule has 0 atom stereocenters. The van der Waals surface area contributed by atoms with Crippen LogP contribution < -0.4 is 11.1 Å². The molecule has 6 nitrogen and oxygen atoms in total. The molecule has 5 rings (SSSR count). The summed E-state index contributed by atoms with van der Waals surface area (Å²) in [4.78, 5) is 16.7. The maximum Gasteiger partial charge on any atom is 0.416 e. The van der Waals surface area contributed by atoms with Crippen molar-refractivity contribution in [3.05, 3.63) is 77.6 Å². The maximum absolute atomic E-state index is 12.7. The Kier molecular flexibility index (Phi) is 5.47. The van der Waals surface area contributed by atoms with Crippen molar-refractivity contribution >= 4 is 28.3 Å². The van der Waals surface area contributed by atoms with Crippen LogP contribution in [0.4, 0.5) is 24.7 Å². The highest BCUT2D eigenvalue weighted by Crippen LogP contribution is 2.38. The molecule has 0 unspecified atom stereocenters. The standard InChI is InChI=1S/C25H22F3N5O/c26-25(27,28)17-7-5-16(6-8-17)24(34)31-18-9-11-19(12-10-18)33-22-20(13-14-30-23(22)29)21(32-33)15-3-1-2-4-15/h5-15H,1-4H2,(H2,29,30)(H,31,34). The Morgan fingerprint density at radius 3 is 2.32 bits per heavy atom. The molecule has 1 amide bonds. The highest BCUT2D eigenvalue weighted by Gasteiger charge is 2.30. The monoisotopic (exact) mass is 465 g/mol. The molecule has 1 saturated carbocycles. The van der Waals surface area contributed by atoms with E-state index in [9.17, 15) is 18.0 Å². The van der Waals surface area contributed by atoms with E-state index in [1.807, 2.05) is 6.07 Å². The first kappa shape index (κ1) is 21.9. The Labute approximate surface area is 193 Å². The highest BCUT2D eigenvalue weighted by molar-refractivity contribution is 6.04. The van der Waals surface area contributed by atoms with E-state index in [0.717, 1.165) is 59.4 Å². The van der Waals surface area contributed by atoms with E-state index < -0.39 is 17.6 Å². The van der Waals surface area contributed by atoms with Gasteiger partial charge in [0.05, 0.1) is 16.9 Å². The number of aromatic nitrogens is 3. The normalized spacial score (nSPS) is 14.6. The first-order chi connectivity index (χ1) is 16.3. The summed E-state index contributed by atoms with van der Waals surface area (Å²) in [7, 11) is 0. The number of carbonyl (C=O) groups is 1. The number of rotatable bonds is 4. The number of nitrogens with one attached hydrogen (secondary N) is 1. The van der Waals surface area contributed by atoms with Crippen molar-refractivity contribution in [3.8, 4) is 5.69 Å². The second-order valence-corrected chi connectivity index (χ2v) is 8.45. The molecule has 1 aliphatic carbocycles. The van der Waals surface area contributed by atoms with Crippen LogP contribution in [0.25, 0.3) is 16.6 Å². The number of hydrogen-bond donors (Lipinski definition) is 2. The van der Waals surface area contributed by atoms with Gasteiger partial charge in [0.2, 0.25) is 0 Å². The van der Waals surface area contributed by atoms with Crippen molar-refractivity contribution < 1.29 is 18.0 Å². The van der Waals surface area contributed by atoms with Gasteiger partial charge in [0, 0.05) is 28.8 Å². The van der Waals surface area contributed by atoms with Gasteiger partial charge in [-0.05, 0) is 67.4 Å².